The zero-order valence-corrected chi connectivity index (χ0v) is 13.5. The normalized spacial score (nSPS) is 12.5. The quantitative estimate of drug-likeness (QED) is 0.479. The molecule has 1 aromatic heterocycles. The van der Waals surface area contributed by atoms with Crippen LogP contribution in [0.15, 0.2) is 53.2 Å². The van der Waals surface area contributed by atoms with Gasteiger partial charge >= 0.3 is 0 Å². The molecule has 0 bridgehead atoms. The third-order valence-corrected chi connectivity index (χ3v) is 3.47. The Hall–Kier alpha value is -2.93. The van der Waals surface area contributed by atoms with Gasteiger partial charge in [0, 0.05) is 24.8 Å². The average molecular weight is 329 g/mol. The topological polar surface area (TPSA) is 88.6 Å². The summed E-state index contributed by atoms with van der Waals surface area (Å²) in [7, 11) is 3.80. The summed E-state index contributed by atoms with van der Waals surface area (Å²) >= 11 is 0. The van der Waals surface area contributed by atoms with E-state index < -0.39 is 4.92 Å². The number of carbonyl (C=O) groups is 1. The van der Waals surface area contributed by atoms with Gasteiger partial charge in [0.05, 0.1) is 17.2 Å². The van der Waals surface area contributed by atoms with E-state index in [0.717, 1.165) is 5.76 Å². The highest BCUT2D eigenvalue weighted by molar-refractivity contribution is 5.91. The monoisotopic (exact) mass is 329 g/mol. The molecule has 0 saturated heterocycles. The number of non-ortho nitro benzene ring substituents is 1. The number of amides is 1. The van der Waals surface area contributed by atoms with E-state index in [9.17, 15) is 14.9 Å². The van der Waals surface area contributed by atoms with Crippen LogP contribution in [0, 0.1) is 10.1 Å². The predicted molar refractivity (Wildman–Crippen MR) is 90.3 cm³/mol. The van der Waals surface area contributed by atoms with Gasteiger partial charge in [-0.2, -0.15) is 0 Å². The molecule has 0 aliphatic heterocycles. The van der Waals surface area contributed by atoms with E-state index in [1.807, 2.05) is 25.1 Å². The van der Waals surface area contributed by atoms with Crippen LogP contribution in [0.25, 0.3) is 6.08 Å². The maximum absolute atomic E-state index is 12.0. The number of nitrogens with zero attached hydrogens (tertiary/aromatic N) is 2. The van der Waals surface area contributed by atoms with Gasteiger partial charge in [-0.15, -0.1) is 0 Å². The highest BCUT2D eigenvalue weighted by Crippen LogP contribution is 2.17. The van der Waals surface area contributed by atoms with Crippen LogP contribution in [0.4, 0.5) is 5.69 Å². The summed E-state index contributed by atoms with van der Waals surface area (Å²) in [5.41, 5.74) is 0.581. The minimum atomic E-state index is -0.470. The van der Waals surface area contributed by atoms with Gasteiger partial charge in [0.1, 0.15) is 5.76 Å². The molecule has 0 radical (unpaired) electrons. The Labute approximate surface area is 139 Å². The molecule has 2 aromatic rings. The zero-order chi connectivity index (χ0) is 17.5. The molecule has 0 aliphatic carbocycles. The molecule has 1 aromatic carbocycles. The molecular formula is C17H19N3O4. The maximum atomic E-state index is 12.0. The minimum absolute atomic E-state index is 0.0111. The SMILES string of the molecule is CN(C)C(CNC(=O)/C=C/c1cccc([N+](=O)[O-])c1)c1ccco1. The van der Waals surface area contributed by atoms with E-state index >= 15 is 0 Å². The maximum Gasteiger partial charge on any atom is 0.270 e. The fourth-order valence-corrected chi connectivity index (χ4v) is 2.19. The third-order valence-electron chi connectivity index (χ3n) is 3.47. The highest BCUT2D eigenvalue weighted by Gasteiger charge is 2.17. The zero-order valence-electron chi connectivity index (χ0n) is 13.5. The minimum Gasteiger partial charge on any atom is -0.468 e. The molecule has 126 valence electrons. The Morgan fingerprint density at radius 3 is 2.79 bits per heavy atom. The van der Waals surface area contributed by atoms with Crippen LogP contribution >= 0.6 is 0 Å². The van der Waals surface area contributed by atoms with Crippen LogP contribution in [-0.4, -0.2) is 36.4 Å². The van der Waals surface area contributed by atoms with E-state index in [2.05, 4.69) is 5.32 Å². The van der Waals surface area contributed by atoms with Crippen molar-refractivity contribution in [1.29, 1.82) is 0 Å². The van der Waals surface area contributed by atoms with E-state index in [1.165, 1.54) is 18.2 Å². The van der Waals surface area contributed by atoms with Crippen molar-refractivity contribution >= 4 is 17.7 Å². The summed E-state index contributed by atoms with van der Waals surface area (Å²) in [4.78, 5) is 24.2. The van der Waals surface area contributed by atoms with Gasteiger partial charge in [-0.25, -0.2) is 0 Å². The fraction of sp³-hybridized carbons (Fsp3) is 0.235. The van der Waals surface area contributed by atoms with E-state index in [0.29, 0.717) is 12.1 Å². The number of hydrogen-bond donors (Lipinski definition) is 1. The summed E-state index contributed by atoms with van der Waals surface area (Å²) in [6, 6.07) is 9.68. The number of rotatable bonds is 7. The molecule has 1 amide bonds. The number of nitro benzene ring substituents is 1. The predicted octanol–water partition coefficient (Wildman–Crippen LogP) is 2.62. The molecule has 0 fully saturated rings. The Kier molecular flexibility index (Phi) is 5.86. The van der Waals surface area contributed by atoms with Crippen LogP contribution in [0.1, 0.15) is 17.4 Å². The van der Waals surface area contributed by atoms with Crippen molar-refractivity contribution in [3.8, 4) is 0 Å². The van der Waals surface area contributed by atoms with Gasteiger partial charge in [0.25, 0.3) is 5.69 Å². The van der Waals surface area contributed by atoms with Crippen LogP contribution in [0.5, 0.6) is 0 Å². The first-order chi connectivity index (χ1) is 11.5. The lowest BCUT2D eigenvalue weighted by Crippen LogP contribution is -2.33. The number of carbonyl (C=O) groups excluding carboxylic acids is 1. The lowest BCUT2D eigenvalue weighted by Gasteiger charge is -2.22. The number of benzene rings is 1. The number of furan rings is 1. The Bertz CT molecular complexity index is 723. The summed E-state index contributed by atoms with van der Waals surface area (Å²) in [6.45, 7) is 0.388. The first kappa shape index (κ1) is 17.4. The van der Waals surface area contributed by atoms with Crippen molar-refractivity contribution in [2.45, 2.75) is 6.04 Å². The molecule has 0 aliphatic rings. The molecule has 24 heavy (non-hydrogen) atoms. The third kappa shape index (κ3) is 4.79. The Balaban J connectivity index is 1.95. The molecule has 7 nitrogen and oxygen atoms in total. The van der Waals surface area contributed by atoms with Crippen molar-refractivity contribution in [2.75, 3.05) is 20.6 Å². The second kappa shape index (κ2) is 8.07. The standard InChI is InChI=1S/C17H19N3O4/c1-19(2)15(16-7-4-10-24-16)12-18-17(21)9-8-13-5-3-6-14(11-13)20(22)23/h3-11,15H,12H2,1-2H3,(H,18,21)/b9-8+. The average Bonchev–Trinajstić information content (AvgIpc) is 3.07. The van der Waals surface area contributed by atoms with Gasteiger partial charge < -0.3 is 9.73 Å². The van der Waals surface area contributed by atoms with Crippen LogP contribution < -0.4 is 5.32 Å². The second-order valence-electron chi connectivity index (χ2n) is 5.43. The van der Waals surface area contributed by atoms with Crippen molar-refractivity contribution in [1.82, 2.24) is 10.2 Å². The van der Waals surface area contributed by atoms with Crippen molar-refractivity contribution < 1.29 is 14.1 Å². The lowest BCUT2D eigenvalue weighted by atomic mass is 10.2. The molecular weight excluding hydrogens is 310 g/mol. The number of likely N-dealkylation sites (N-methyl/N-ethyl adjacent to an activating group) is 1. The summed E-state index contributed by atoms with van der Waals surface area (Å²) < 4.78 is 5.38. The van der Waals surface area contributed by atoms with Crippen LogP contribution in [0.3, 0.4) is 0 Å². The second-order valence-corrected chi connectivity index (χ2v) is 5.43. The molecule has 7 heteroatoms. The molecule has 1 atom stereocenters. The molecule has 1 unspecified atom stereocenters. The number of nitro groups is 1. The first-order valence-corrected chi connectivity index (χ1v) is 7.37. The van der Waals surface area contributed by atoms with E-state index in [1.54, 1.807) is 30.5 Å². The van der Waals surface area contributed by atoms with E-state index in [4.69, 9.17) is 4.42 Å². The first-order valence-electron chi connectivity index (χ1n) is 7.37. The molecule has 0 saturated carbocycles. The summed E-state index contributed by atoms with van der Waals surface area (Å²) in [6.07, 6.45) is 4.49. The summed E-state index contributed by atoms with van der Waals surface area (Å²) in [5.74, 6) is 0.489. The van der Waals surface area contributed by atoms with Gasteiger partial charge in [0.15, 0.2) is 0 Å². The van der Waals surface area contributed by atoms with Gasteiger partial charge in [-0.3, -0.25) is 19.8 Å². The number of hydrogen-bond acceptors (Lipinski definition) is 5. The molecule has 0 spiro atoms. The molecule has 1 heterocycles. The lowest BCUT2D eigenvalue weighted by molar-refractivity contribution is -0.384. The Morgan fingerprint density at radius 2 is 2.17 bits per heavy atom. The van der Waals surface area contributed by atoms with Gasteiger partial charge in [-0.1, -0.05) is 12.1 Å². The summed E-state index contributed by atoms with van der Waals surface area (Å²) in [5, 5.41) is 13.5. The number of nitrogens with one attached hydrogen (secondary N) is 1. The largest absolute Gasteiger partial charge is 0.468 e. The molecule has 1 N–H and O–H groups in total. The Morgan fingerprint density at radius 1 is 1.38 bits per heavy atom. The fourth-order valence-electron chi connectivity index (χ4n) is 2.19. The van der Waals surface area contributed by atoms with Crippen LogP contribution in [0.2, 0.25) is 0 Å². The van der Waals surface area contributed by atoms with Gasteiger partial charge in [-0.05, 0) is 37.9 Å². The van der Waals surface area contributed by atoms with Crippen LogP contribution in [-0.2, 0) is 4.79 Å². The highest BCUT2D eigenvalue weighted by atomic mass is 16.6. The van der Waals surface area contributed by atoms with Crippen molar-refractivity contribution in [3.05, 3.63) is 70.2 Å². The van der Waals surface area contributed by atoms with E-state index in [-0.39, 0.29) is 17.6 Å². The smallest absolute Gasteiger partial charge is 0.270 e. The molecule has 2 rings (SSSR count). The van der Waals surface area contributed by atoms with Crippen molar-refractivity contribution in [3.63, 3.8) is 0 Å². The van der Waals surface area contributed by atoms with Crippen molar-refractivity contribution in [2.24, 2.45) is 0 Å². The van der Waals surface area contributed by atoms with Gasteiger partial charge in [0.2, 0.25) is 5.91 Å².